The summed E-state index contributed by atoms with van der Waals surface area (Å²) in [7, 11) is 0. The van der Waals surface area contributed by atoms with Gasteiger partial charge in [0, 0.05) is 47.1 Å². The van der Waals surface area contributed by atoms with Gasteiger partial charge in [0.15, 0.2) is 0 Å². The maximum atomic E-state index is 14.0. The molecule has 1 aliphatic rings. The van der Waals surface area contributed by atoms with Crippen LogP contribution in [0.2, 0.25) is 5.02 Å². The van der Waals surface area contributed by atoms with Crippen LogP contribution < -0.4 is 5.32 Å². The second-order valence-corrected chi connectivity index (χ2v) is 10.8. The van der Waals surface area contributed by atoms with Gasteiger partial charge in [0.2, 0.25) is 5.91 Å². The molecule has 0 atom stereocenters. The Bertz CT molecular complexity index is 1480. The molecule has 0 spiro atoms. The number of amides is 2. The van der Waals surface area contributed by atoms with Gasteiger partial charge in [0.1, 0.15) is 17.3 Å². The van der Waals surface area contributed by atoms with E-state index in [1.54, 1.807) is 47.8 Å². The summed E-state index contributed by atoms with van der Waals surface area (Å²) in [5.41, 5.74) is 2.59. The van der Waals surface area contributed by atoms with E-state index in [0.717, 1.165) is 23.4 Å². The summed E-state index contributed by atoms with van der Waals surface area (Å²) >= 11 is 7.41. The van der Waals surface area contributed by atoms with Crippen LogP contribution in [-0.4, -0.2) is 34.8 Å². The van der Waals surface area contributed by atoms with Gasteiger partial charge in [-0.3, -0.25) is 9.59 Å². The average molecular weight is 566 g/mol. The highest BCUT2D eigenvalue weighted by atomic mass is 35.5. The molecular formula is C30H26ClF2N3O2S. The van der Waals surface area contributed by atoms with Crippen LogP contribution in [0, 0.1) is 11.6 Å². The number of halogens is 3. The van der Waals surface area contributed by atoms with Crippen molar-refractivity contribution in [3.63, 3.8) is 0 Å². The van der Waals surface area contributed by atoms with Crippen LogP contribution in [0.1, 0.15) is 46.2 Å². The number of hydrogen-bond donors (Lipinski definition) is 1. The van der Waals surface area contributed by atoms with Gasteiger partial charge >= 0.3 is 0 Å². The molecule has 0 saturated carbocycles. The fourth-order valence-corrected chi connectivity index (χ4v) is 5.83. The summed E-state index contributed by atoms with van der Waals surface area (Å²) in [4.78, 5) is 32.1. The smallest absolute Gasteiger partial charge is 0.275 e. The number of likely N-dealkylation sites (tertiary alicyclic amines) is 1. The number of hydrogen-bond acceptors (Lipinski definition) is 4. The zero-order chi connectivity index (χ0) is 27.4. The zero-order valence-electron chi connectivity index (χ0n) is 21.0. The van der Waals surface area contributed by atoms with Gasteiger partial charge in [-0.05, 0) is 66.8 Å². The standard InChI is InChI=1S/C30H26ClF2N3O2S/c31-22-8-5-19(6-9-22)24-17-23(32)10-11-26(24)34-29(38)27-18-39-30(35-27)21-13-15-36(16-14-21)28(37)12-7-20-3-1-2-4-25(20)33/h1-6,8-11,17-18,21H,7,12-16H2,(H,34,38). The predicted octanol–water partition coefficient (Wildman–Crippen LogP) is 7.33. The van der Waals surface area contributed by atoms with Crippen molar-refractivity contribution in [3.05, 3.63) is 105 Å². The number of piperidine rings is 1. The molecule has 0 radical (unpaired) electrons. The van der Waals surface area contributed by atoms with Crippen molar-refractivity contribution in [2.24, 2.45) is 0 Å². The fraction of sp³-hybridized carbons (Fsp3) is 0.233. The highest BCUT2D eigenvalue weighted by Gasteiger charge is 2.26. The Morgan fingerprint density at radius 1 is 1.03 bits per heavy atom. The Hall–Kier alpha value is -3.62. The van der Waals surface area contributed by atoms with E-state index in [0.29, 0.717) is 47.0 Å². The second kappa shape index (κ2) is 12.1. The molecule has 1 aliphatic heterocycles. The van der Waals surface area contributed by atoms with Gasteiger partial charge in [0.25, 0.3) is 5.91 Å². The summed E-state index contributed by atoms with van der Waals surface area (Å²) in [5.74, 6) is -0.895. The predicted molar refractivity (Wildman–Crippen MR) is 150 cm³/mol. The molecule has 0 bridgehead atoms. The van der Waals surface area contributed by atoms with Crippen LogP contribution in [0.3, 0.4) is 0 Å². The second-order valence-electron chi connectivity index (χ2n) is 9.47. The zero-order valence-corrected chi connectivity index (χ0v) is 22.6. The maximum absolute atomic E-state index is 14.0. The van der Waals surface area contributed by atoms with Crippen molar-refractivity contribution in [2.45, 2.75) is 31.6 Å². The van der Waals surface area contributed by atoms with E-state index < -0.39 is 5.82 Å². The third-order valence-electron chi connectivity index (χ3n) is 6.90. The van der Waals surface area contributed by atoms with Gasteiger partial charge in [-0.15, -0.1) is 11.3 Å². The minimum atomic E-state index is -0.411. The number of aryl methyl sites for hydroxylation is 1. The van der Waals surface area contributed by atoms with Crippen LogP contribution in [0.5, 0.6) is 0 Å². The number of anilines is 1. The normalized spacial score (nSPS) is 13.9. The molecule has 1 saturated heterocycles. The molecule has 5 rings (SSSR count). The highest BCUT2D eigenvalue weighted by Crippen LogP contribution is 2.33. The first-order valence-corrected chi connectivity index (χ1v) is 14.0. The van der Waals surface area contributed by atoms with Crippen molar-refractivity contribution in [1.82, 2.24) is 9.88 Å². The lowest BCUT2D eigenvalue weighted by molar-refractivity contribution is -0.132. The third-order valence-corrected chi connectivity index (χ3v) is 8.16. The topological polar surface area (TPSA) is 62.3 Å². The van der Waals surface area contributed by atoms with E-state index in [1.165, 1.54) is 35.6 Å². The minimum Gasteiger partial charge on any atom is -0.343 e. The number of thiazole rings is 1. The first-order chi connectivity index (χ1) is 18.9. The Kier molecular flexibility index (Phi) is 8.33. The average Bonchev–Trinajstić information content (AvgIpc) is 3.45. The number of aromatic nitrogens is 1. The van der Waals surface area contributed by atoms with Crippen molar-refractivity contribution >= 4 is 40.4 Å². The fourth-order valence-electron chi connectivity index (χ4n) is 4.74. The SMILES string of the molecule is O=C(Nc1ccc(F)cc1-c1ccc(Cl)cc1)c1csc(C2CCN(C(=O)CCc3ccccc3F)CC2)n1. The van der Waals surface area contributed by atoms with Crippen LogP contribution >= 0.6 is 22.9 Å². The van der Waals surface area contributed by atoms with Crippen molar-refractivity contribution < 1.29 is 18.4 Å². The van der Waals surface area contributed by atoms with Crippen molar-refractivity contribution in [2.75, 3.05) is 18.4 Å². The summed E-state index contributed by atoms with van der Waals surface area (Å²) < 4.78 is 27.9. The quantitative estimate of drug-likeness (QED) is 0.255. The molecule has 1 fully saturated rings. The lowest BCUT2D eigenvalue weighted by Gasteiger charge is -2.31. The van der Waals surface area contributed by atoms with Gasteiger partial charge < -0.3 is 10.2 Å². The van der Waals surface area contributed by atoms with E-state index in [2.05, 4.69) is 10.3 Å². The largest absolute Gasteiger partial charge is 0.343 e. The molecule has 3 aromatic carbocycles. The number of nitrogens with zero attached hydrogens (tertiary/aromatic N) is 2. The number of benzene rings is 3. The minimum absolute atomic E-state index is 0.0201. The van der Waals surface area contributed by atoms with Crippen LogP contribution in [0.15, 0.2) is 72.1 Å². The van der Waals surface area contributed by atoms with Gasteiger partial charge in [-0.1, -0.05) is 41.9 Å². The molecule has 200 valence electrons. The number of carbonyl (C=O) groups is 2. The summed E-state index contributed by atoms with van der Waals surface area (Å²) in [6.07, 6.45) is 2.15. The van der Waals surface area contributed by atoms with Crippen LogP contribution in [0.4, 0.5) is 14.5 Å². The summed E-state index contributed by atoms with van der Waals surface area (Å²) in [6, 6.07) is 17.7. The molecule has 9 heteroatoms. The lowest BCUT2D eigenvalue weighted by Crippen LogP contribution is -2.38. The Morgan fingerprint density at radius 2 is 1.77 bits per heavy atom. The van der Waals surface area contributed by atoms with Gasteiger partial charge in [-0.2, -0.15) is 0 Å². The van der Waals surface area contributed by atoms with Gasteiger partial charge in [0.05, 0.1) is 5.01 Å². The molecular weight excluding hydrogens is 540 g/mol. The Morgan fingerprint density at radius 3 is 2.51 bits per heavy atom. The first-order valence-electron chi connectivity index (χ1n) is 12.7. The molecule has 1 N–H and O–H groups in total. The molecule has 0 aliphatic carbocycles. The number of nitrogens with one attached hydrogen (secondary N) is 1. The molecule has 0 unspecified atom stereocenters. The Labute approximate surface area is 234 Å². The molecule has 39 heavy (non-hydrogen) atoms. The molecule has 2 amide bonds. The van der Waals surface area contributed by atoms with E-state index in [1.807, 2.05) is 4.90 Å². The van der Waals surface area contributed by atoms with E-state index >= 15 is 0 Å². The monoisotopic (exact) mass is 565 g/mol. The molecule has 1 aromatic heterocycles. The molecule has 5 nitrogen and oxygen atoms in total. The van der Waals surface area contributed by atoms with E-state index in [-0.39, 0.29) is 30.0 Å². The van der Waals surface area contributed by atoms with Crippen LogP contribution in [-0.2, 0) is 11.2 Å². The summed E-state index contributed by atoms with van der Waals surface area (Å²) in [6.45, 7) is 1.20. The molecule has 4 aromatic rings. The van der Waals surface area contributed by atoms with Crippen molar-refractivity contribution in [1.29, 1.82) is 0 Å². The van der Waals surface area contributed by atoms with Crippen LogP contribution in [0.25, 0.3) is 11.1 Å². The first kappa shape index (κ1) is 27.0. The highest BCUT2D eigenvalue weighted by molar-refractivity contribution is 7.10. The Balaban J connectivity index is 1.18. The molecule has 2 heterocycles. The third kappa shape index (κ3) is 6.52. The maximum Gasteiger partial charge on any atom is 0.275 e. The number of rotatable bonds is 7. The lowest BCUT2D eigenvalue weighted by atomic mass is 9.97. The van der Waals surface area contributed by atoms with E-state index in [9.17, 15) is 18.4 Å². The van der Waals surface area contributed by atoms with E-state index in [4.69, 9.17) is 11.6 Å². The number of carbonyl (C=O) groups excluding carboxylic acids is 2. The summed E-state index contributed by atoms with van der Waals surface area (Å²) in [5, 5.41) is 6.01. The van der Waals surface area contributed by atoms with Gasteiger partial charge in [-0.25, -0.2) is 13.8 Å². The van der Waals surface area contributed by atoms with Crippen molar-refractivity contribution in [3.8, 4) is 11.1 Å².